The maximum absolute atomic E-state index is 10.7. The molecule has 1 aliphatic rings. The van der Waals surface area contributed by atoms with Gasteiger partial charge in [-0.3, -0.25) is 0 Å². The zero-order valence-electron chi connectivity index (χ0n) is 16.0. The van der Waals surface area contributed by atoms with Crippen LogP contribution in [0.25, 0.3) is 0 Å². The molecule has 0 heterocycles. The van der Waals surface area contributed by atoms with Crippen molar-refractivity contribution < 1.29 is 10.2 Å². The summed E-state index contributed by atoms with van der Waals surface area (Å²) in [7, 11) is 0. The van der Waals surface area contributed by atoms with E-state index in [2.05, 4.69) is 40.7 Å². The third-order valence-corrected chi connectivity index (χ3v) is 5.46. The second-order valence-corrected chi connectivity index (χ2v) is 8.55. The highest BCUT2D eigenvalue weighted by atomic mass is 16.3. The van der Waals surface area contributed by atoms with E-state index < -0.39 is 0 Å². The summed E-state index contributed by atoms with van der Waals surface area (Å²) < 4.78 is 0. The van der Waals surface area contributed by atoms with Crippen LogP contribution in [0.1, 0.15) is 83.8 Å². The molecule has 2 heteroatoms. The van der Waals surface area contributed by atoms with Gasteiger partial charge in [0, 0.05) is 11.5 Å². The van der Waals surface area contributed by atoms with Crippen LogP contribution in [0.3, 0.4) is 0 Å². The second-order valence-electron chi connectivity index (χ2n) is 8.55. The van der Waals surface area contributed by atoms with Crippen LogP contribution in [0.5, 0.6) is 11.5 Å². The van der Waals surface area contributed by atoms with Gasteiger partial charge in [-0.05, 0) is 61.6 Å². The average Bonchev–Trinajstić information content (AvgIpc) is 2.45. The highest BCUT2D eigenvalue weighted by Gasteiger charge is 2.36. The van der Waals surface area contributed by atoms with Gasteiger partial charge in [0.05, 0.1) is 0 Å². The third kappa shape index (κ3) is 4.34. The van der Waals surface area contributed by atoms with Crippen LogP contribution in [-0.4, -0.2) is 10.2 Å². The van der Waals surface area contributed by atoms with Crippen molar-refractivity contribution in [2.24, 2.45) is 11.3 Å². The Labute approximate surface area is 147 Å². The van der Waals surface area contributed by atoms with Crippen LogP contribution in [0.2, 0.25) is 0 Å². The minimum Gasteiger partial charge on any atom is -0.507 e. The van der Waals surface area contributed by atoms with E-state index in [4.69, 9.17) is 0 Å². The largest absolute Gasteiger partial charge is 0.507 e. The molecule has 1 aromatic rings. The van der Waals surface area contributed by atoms with Crippen molar-refractivity contribution in [2.75, 3.05) is 0 Å². The molecule has 1 unspecified atom stereocenters. The Bertz CT molecular complexity index is 569. The molecule has 2 N–H and O–H groups in total. The SMILES string of the molecule is CCCCCc1cc(O)c(C2C=C(C)CC[C@H]2C(C)(C)C)c(O)c1. The van der Waals surface area contributed by atoms with Gasteiger partial charge in [-0.2, -0.15) is 0 Å². The Kier molecular flexibility index (Phi) is 6.01. The predicted octanol–water partition coefficient (Wildman–Crippen LogP) is 6.32. The van der Waals surface area contributed by atoms with Gasteiger partial charge in [0.25, 0.3) is 0 Å². The smallest absolute Gasteiger partial charge is 0.123 e. The van der Waals surface area contributed by atoms with E-state index in [-0.39, 0.29) is 22.8 Å². The van der Waals surface area contributed by atoms with Crippen LogP contribution >= 0.6 is 0 Å². The van der Waals surface area contributed by atoms with Gasteiger partial charge >= 0.3 is 0 Å². The number of hydrogen-bond acceptors (Lipinski definition) is 2. The zero-order valence-corrected chi connectivity index (χ0v) is 16.0. The summed E-state index contributed by atoms with van der Waals surface area (Å²) >= 11 is 0. The molecular weight excluding hydrogens is 296 g/mol. The molecule has 0 amide bonds. The summed E-state index contributed by atoms with van der Waals surface area (Å²) in [6.45, 7) is 11.1. The molecule has 134 valence electrons. The summed E-state index contributed by atoms with van der Waals surface area (Å²) in [5.74, 6) is 1.02. The first-order valence-corrected chi connectivity index (χ1v) is 9.46. The van der Waals surface area contributed by atoms with Gasteiger partial charge in [-0.1, -0.05) is 52.2 Å². The number of rotatable bonds is 5. The number of aryl methyl sites for hydroxylation is 1. The molecule has 1 aromatic carbocycles. The topological polar surface area (TPSA) is 40.5 Å². The van der Waals surface area contributed by atoms with E-state index in [1.807, 2.05) is 12.1 Å². The lowest BCUT2D eigenvalue weighted by Gasteiger charge is -2.39. The third-order valence-electron chi connectivity index (χ3n) is 5.46. The number of phenols is 2. The highest BCUT2D eigenvalue weighted by molar-refractivity contribution is 5.51. The number of hydrogen-bond donors (Lipinski definition) is 2. The lowest BCUT2D eigenvalue weighted by atomic mass is 9.65. The van der Waals surface area contributed by atoms with Crippen LogP contribution < -0.4 is 0 Å². The van der Waals surface area contributed by atoms with E-state index in [1.165, 1.54) is 18.4 Å². The fraction of sp³-hybridized carbons (Fsp3) is 0.636. The minimum atomic E-state index is 0.0865. The second kappa shape index (κ2) is 7.63. The Morgan fingerprint density at radius 1 is 1.08 bits per heavy atom. The first kappa shape index (κ1) is 18.9. The minimum absolute atomic E-state index is 0.0865. The van der Waals surface area contributed by atoms with E-state index in [0.29, 0.717) is 11.5 Å². The number of benzene rings is 1. The number of aromatic hydroxyl groups is 2. The lowest BCUT2D eigenvalue weighted by Crippen LogP contribution is -2.28. The van der Waals surface area contributed by atoms with Crippen molar-refractivity contribution in [3.8, 4) is 11.5 Å². The van der Waals surface area contributed by atoms with Gasteiger partial charge in [-0.25, -0.2) is 0 Å². The van der Waals surface area contributed by atoms with Gasteiger partial charge in [0.1, 0.15) is 11.5 Å². The molecule has 0 bridgehead atoms. The average molecular weight is 331 g/mol. The van der Waals surface area contributed by atoms with Gasteiger partial charge < -0.3 is 10.2 Å². The van der Waals surface area contributed by atoms with Crippen molar-refractivity contribution in [1.29, 1.82) is 0 Å². The zero-order chi connectivity index (χ0) is 17.9. The quantitative estimate of drug-likeness (QED) is 0.490. The number of unbranched alkanes of at least 4 members (excludes halogenated alkanes) is 2. The molecule has 0 fully saturated rings. The first-order valence-electron chi connectivity index (χ1n) is 9.46. The maximum Gasteiger partial charge on any atom is 0.123 e. The maximum atomic E-state index is 10.7. The molecule has 0 aliphatic heterocycles. The summed E-state index contributed by atoms with van der Waals surface area (Å²) in [5, 5.41) is 21.3. The van der Waals surface area contributed by atoms with E-state index in [9.17, 15) is 10.2 Å². The Morgan fingerprint density at radius 3 is 2.25 bits per heavy atom. The monoisotopic (exact) mass is 330 g/mol. The highest BCUT2D eigenvalue weighted by Crippen LogP contribution is 2.50. The van der Waals surface area contributed by atoms with E-state index in [1.54, 1.807) is 0 Å². The molecule has 2 atom stereocenters. The molecule has 0 saturated carbocycles. The molecule has 24 heavy (non-hydrogen) atoms. The summed E-state index contributed by atoms with van der Waals surface area (Å²) in [6.07, 6.45) is 8.84. The molecule has 0 aromatic heterocycles. The fourth-order valence-electron chi connectivity index (χ4n) is 4.07. The Morgan fingerprint density at radius 2 is 1.71 bits per heavy atom. The fourth-order valence-corrected chi connectivity index (χ4v) is 4.07. The molecule has 0 saturated heterocycles. The summed E-state index contributed by atoms with van der Waals surface area (Å²) in [4.78, 5) is 0. The molecular formula is C22H34O2. The van der Waals surface area contributed by atoms with Crippen molar-refractivity contribution in [3.63, 3.8) is 0 Å². The summed E-state index contributed by atoms with van der Waals surface area (Å²) in [6, 6.07) is 3.73. The van der Waals surface area contributed by atoms with Gasteiger partial charge in [0.2, 0.25) is 0 Å². The standard InChI is InChI=1S/C22H34O2/c1-6-7-8-9-16-13-19(23)21(20(24)14-16)17-12-15(2)10-11-18(17)22(3,4)5/h12-14,17-18,23-24H,6-11H2,1-5H3/t17?,18-/m1/s1. The molecule has 0 spiro atoms. The Balaban J connectivity index is 2.36. The van der Waals surface area contributed by atoms with Crippen LogP contribution in [0.15, 0.2) is 23.8 Å². The lowest BCUT2D eigenvalue weighted by molar-refractivity contribution is 0.194. The van der Waals surface area contributed by atoms with Crippen molar-refractivity contribution in [1.82, 2.24) is 0 Å². The van der Waals surface area contributed by atoms with E-state index >= 15 is 0 Å². The van der Waals surface area contributed by atoms with Crippen LogP contribution in [0.4, 0.5) is 0 Å². The van der Waals surface area contributed by atoms with Crippen LogP contribution in [0, 0.1) is 11.3 Å². The van der Waals surface area contributed by atoms with Crippen molar-refractivity contribution in [3.05, 3.63) is 34.9 Å². The normalized spacial score (nSPS) is 21.6. The molecule has 2 rings (SSSR count). The van der Waals surface area contributed by atoms with Gasteiger partial charge in [-0.15, -0.1) is 0 Å². The molecule has 1 aliphatic carbocycles. The van der Waals surface area contributed by atoms with Gasteiger partial charge in [0.15, 0.2) is 0 Å². The molecule has 2 nitrogen and oxygen atoms in total. The van der Waals surface area contributed by atoms with Crippen molar-refractivity contribution >= 4 is 0 Å². The Hall–Kier alpha value is -1.44. The van der Waals surface area contributed by atoms with Crippen LogP contribution in [-0.2, 0) is 6.42 Å². The first-order chi connectivity index (χ1) is 11.2. The molecule has 0 radical (unpaired) electrons. The predicted molar refractivity (Wildman–Crippen MR) is 102 cm³/mol. The van der Waals surface area contributed by atoms with Crippen molar-refractivity contribution in [2.45, 2.75) is 79.1 Å². The number of phenolic OH excluding ortho intramolecular Hbond substituents is 2. The summed E-state index contributed by atoms with van der Waals surface area (Å²) in [5.41, 5.74) is 3.24. The number of allylic oxidation sites excluding steroid dienone is 2. The van der Waals surface area contributed by atoms with E-state index in [0.717, 1.165) is 31.2 Å².